The third-order valence-corrected chi connectivity index (χ3v) is 6.52. The molecule has 0 saturated heterocycles. The van der Waals surface area contributed by atoms with Crippen molar-refractivity contribution in [1.82, 2.24) is 4.57 Å². The van der Waals surface area contributed by atoms with E-state index in [4.69, 9.17) is 6.85 Å². The monoisotopic (exact) mass is 452 g/mol. The van der Waals surface area contributed by atoms with Crippen molar-refractivity contribution < 1.29 is 11.4 Å². The third kappa shape index (κ3) is 3.92. The summed E-state index contributed by atoms with van der Waals surface area (Å²) >= 11 is 0. The molecule has 5 rings (SSSR count). The average molecular weight is 453 g/mol. The SMILES string of the molecule is [2H]C([2H])([2H])c1cc(C)c(-c2ccc(C([2H])([2H])C(C)(C)C)c[n+]2C)cc1-c1ccc2c(c1)c1ccccc1n2C. The molecule has 2 nitrogen and oxygen atoms in total. The predicted octanol–water partition coefficient (Wildman–Crippen LogP) is 7.70. The van der Waals surface area contributed by atoms with Crippen molar-refractivity contribution in [2.24, 2.45) is 19.5 Å². The Labute approximate surface area is 210 Å². The lowest BCUT2D eigenvalue weighted by atomic mass is 9.88. The van der Waals surface area contributed by atoms with Crippen LogP contribution in [0.15, 0.2) is 72.9 Å². The normalized spacial score (nSPS) is 15.1. The zero-order valence-electron chi connectivity index (χ0n) is 25.8. The molecule has 2 heterocycles. The molecule has 172 valence electrons. The number of fused-ring (bicyclic) bond motifs is 3. The van der Waals surface area contributed by atoms with Crippen molar-refractivity contribution in [3.05, 3.63) is 89.6 Å². The van der Waals surface area contributed by atoms with E-state index in [9.17, 15) is 0 Å². The van der Waals surface area contributed by atoms with Gasteiger partial charge in [0.15, 0.2) is 6.20 Å². The summed E-state index contributed by atoms with van der Waals surface area (Å²) in [5.41, 5.74) is 6.81. The molecule has 2 heteroatoms. The summed E-state index contributed by atoms with van der Waals surface area (Å²) in [6, 6.07) is 22.0. The number of hydrogen-bond donors (Lipinski definition) is 0. The molecule has 0 atom stereocenters. The average Bonchev–Trinajstić information content (AvgIpc) is 3.14. The van der Waals surface area contributed by atoms with Gasteiger partial charge in [-0.15, -0.1) is 0 Å². The van der Waals surface area contributed by atoms with E-state index in [2.05, 4.69) is 28.8 Å². The van der Waals surface area contributed by atoms with Gasteiger partial charge in [0.1, 0.15) is 7.05 Å². The summed E-state index contributed by atoms with van der Waals surface area (Å²) in [6.45, 7) is 5.36. The van der Waals surface area contributed by atoms with Gasteiger partial charge in [0, 0.05) is 52.9 Å². The van der Waals surface area contributed by atoms with Crippen LogP contribution in [0.3, 0.4) is 0 Å². The Morgan fingerprint density at radius 1 is 0.882 bits per heavy atom. The van der Waals surface area contributed by atoms with Gasteiger partial charge in [0.25, 0.3) is 0 Å². The number of benzene rings is 3. The first-order valence-electron chi connectivity index (χ1n) is 14.2. The van der Waals surface area contributed by atoms with E-state index in [1.165, 1.54) is 0 Å². The van der Waals surface area contributed by atoms with E-state index < -0.39 is 18.6 Å². The van der Waals surface area contributed by atoms with Crippen LogP contribution in [-0.4, -0.2) is 4.57 Å². The van der Waals surface area contributed by atoms with Gasteiger partial charge in [0.05, 0.1) is 0 Å². The molecular formula is C32H35N2+. The maximum atomic E-state index is 8.69. The minimum atomic E-state index is -2.28. The minimum Gasteiger partial charge on any atom is -0.344 e. The molecule has 0 N–H and O–H groups in total. The van der Waals surface area contributed by atoms with Gasteiger partial charge in [0.2, 0.25) is 5.69 Å². The Morgan fingerprint density at radius 3 is 2.38 bits per heavy atom. The third-order valence-electron chi connectivity index (χ3n) is 6.52. The number of aromatic nitrogens is 2. The van der Waals surface area contributed by atoms with Crippen molar-refractivity contribution in [3.8, 4) is 22.4 Å². The molecule has 0 aliphatic heterocycles. The fourth-order valence-electron chi connectivity index (χ4n) is 4.95. The Morgan fingerprint density at radius 2 is 1.65 bits per heavy atom. The standard InChI is InChI=1S/C32H35N2/c1-21-16-22(2)27(29-14-12-23(20-33(29)6)19-32(3,4)5)18-26(21)24-13-15-31-28(17-24)25-10-8-9-11-30(25)34(31)7/h8-18,20H,19H2,1-7H3/q+1/i1D3,19D2. The van der Waals surface area contributed by atoms with Crippen LogP contribution in [0, 0.1) is 19.2 Å². The maximum absolute atomic E-state index is 8.69. The van der Waals surface area contributed by atoms with Gasteiger partial charge < -0.3 is 4.57 Å². The second kappa shape index (κ2) is 8.13. The van der Waals surface area contributed by atoms with E-state index >= 15 is 0 Å². The number of aryl methyl sites for hydroxylation is 4. The van der Waals surface area contributed by atoms with Crippen molar-refractivity contribution in [2.45, 2.75) is 40.9 Å². The van der Waals surface area contributed by atoms with Gasteiger partial charge in [-0.2, -0.15) is 0 Å². The van der Waals surface area contributed by atoms with E-state index in [0.717, 1.165) is 44.2 Å². The van der Waals surface area contributed by atoms with Crippen LogP contribution in [0.5, 0.6) is 0 Å². The molecule has 0 amide bonds. The van der Waals surface area contributed by atoms with Crippen LogP contribution < -0.4 is 4.57 Å². The number of pyridine rings is 1. The van der Waals surface area contributed by atoms with E-state index in [-0.39, 0.29) is 0 Å². The second-order valence-electron chi connectivity index (χ2n) is 10.3. The van der Waals surface area contributed by atoms with Crippen LogP contribution in [0.25, 0.3) is 44.2 Å². The van der Waals surface area contributed by atoms with Gasteiger partial charge in [-0.25, -0.2) is 4.57 Å². The van der Waals surface area contributed by atoms with E-state index in [1.807, 2.05) is 89.0 Å². The number of nitrogens with zero attached hydrogens (tertiary/aromatic N) is 2. The fraction of sp³-hybridized carbons (Fsp3) is 0.281. The summed E-state index contributed by atoms with van der Waals surface area (Å²) < 4.78 is 46.4. The quantitative estimate of drug-likeness (QED) is 0.248. The van der Waals surface area contributed by atoms with Crippen molar-refractivity contribution in [1.29, 1.82) is 0 Å². The molecule has 0 spiro atoms. The summed E-state index contributed by atoms with van der Waals surface area (Å²) in [7, 11) is 3.96. The lowest BCUT2D eigenvalue weighted by molar-refractivity contribution is -0.660. The van der Waals surface area contributed by atoms with Gasteiger partial charge in [-0.3, -0.25) is 0 Å². The topological polar surface area (TPSA) is 8.81 Å². The Hall–Kier alpha value is -3.39. The van der Waals surface area contributed by atoms with Crippen LogP contribution >= 0.6 is 0 Å². The highest BCUT2D eigenvalue weighted by atomic mass is 14.9. The van der Waals surface area contributed by atoms with Crippen LogP contribution in [0.1, 0.15) is 44.3 Å². The Kier molecular flexibility index (Phi) is 4.09. The van der Waals surface area contributed by atoms with Crippen LogP contribution in [0.2, 0.25) is 0 Å². The highest BCUT2D eigenvalue weighted by molar-refractivity contribution is 6.09. The molecule has 34 heavy (non-hydrogen) atoms. The summed E-state index contributed by atoms with van der Waals surface area (Å²) in [6.07, 6.45) is 0.335. The zero-order valence-corrected chi connectivity index (χ0v) is 20.8. The molecule has 2 aromatic heterocycles. The van der Waals surface area contributed by atoms with Crippen LogP contribution in [0.4, 0.5) is 0 Å². The lowest BCUT2D eigenvalue weighted by Gasteiger charge is -2.17. The fourth-order valence-corrected chi connectivity index (χ4v) is 4.95. The first-order valence-corrected chi connectivity index (χ1v) is 11.7. The lowest BCUT2D eigenvalue weighted by Crippen LogP contribution is -2.32. The predicted molar refractivity (Wildman–Crippen MR) is 145 cm³/mol. The van der Waals surface area contributed by atoms with Crippen molar-refractivity contribution in [3.63, 3.8) is 0 Å². The highest BCUT2D eigenvalue weighted by Crippen LogP contribution is 2.35. The molecule has 0 unspecified atom stereocenters. The van der Waals surface area contributed by atoms with Crippen molar-refractivity contribution >= 4 is 21.8 Å². The molecule has 0 bridgehead atoms. The first-order chi connectivity index (χ1) is 18.1. The maximum Gasteiger partial charge on any atom is 0.212 e. The van der Waals surface area contributed by atoms with Crippen LogP contribution in [-0.2, 0) is 20.5 Å². The zero-order chi connectivity index (χ0) is 28.5. The van der Waals surface area contributed by atoms with E-state index in [0.29, 0.717) is 16.7 Å². The largest absolute Gasteiger partial charge is 0.344 e. The smallest absolute Gasteiger partial charge is 0.212 e. The molecule has 3 aromatic carbocycles. The number of para-hydroxylation sites is 1. The van der Waals surface area contributed by atoms with E-state index in [1.54, 1.807) is 6.07 Å². The molecule has 5 aromatic rings. The Balaban J connectivity index is 1.72. The number of hydrogen-bond acceptors (Lipinski definition) is 0. The second-order valence-corrected chi connectivity index (χ2v) is 10.3. The molecule has 0 saturated carbocycles. The highest BCUT2D eigenvalue weighted by Gasteiger charge is 2.19. The summed E-state index contributed by atoms with van der Waals surface area (Å²) in [5.74, 6) is 0. The Bertz CT molecular complexity index is 1740. The summed E-state index contributed by atoms with van der Waals surface area (Å²) in [4.78, 5) is 0. The van der Waals surface area contributed by atoms with Gasteiger partial charge in [-0.1, -0.05) is 51.1 Å². The number of rotatable bonds is 3. The minimum absolute atomic E-state index is 0.326. The first kappa shape index (κ1) is 17.1. The molecule has 0 fully saturated rings. The van der Waals surface area contributed by atoms with Crippen molar-refractivity contribution in [2.75, 3.05) is 0 Å². The molecule has 0 radical (unpaired) electrons. The van der Waals surface area contributed by atoms with Gasteiger partial charge in [-0.05, 0) is 78.1 Å². The summed E-state index contributed by atoms with van der Waals surface area (Å²) in [5, 5.41) is 2.22. The molecule has 0 aliphatic rings. The molecule has 0 aliphatic carbocycles. The molecular weight excluding hydrogens is 412 g/mol. The van der Waals surface area contributed by atoms with Gasteiger partial charge >= 0.3 is 0 Å².